The highest BCUT2D eigenvalue weighted by Crippen LogP contribution is 2.46. The van der Waals surface area contributed by atoms with Crippen LogP contribution in [0.5, 0.6) is 17.2 Å². The van der Waals surface area contributed by atoms with Crippen LogP contribution in [0.3, 0.4) is 0 Å². The number of benzene rings is 2. The second-order valence-electron chi connectivity index (χ2n) is 9.89. The van der Waals surface area contributed by atoms with E-state index < -0.39 is 0 Å². The van der Waals surface area contributed by atoms with Gasteiger partial charge in [0.25, 0.3) is 0 Å². The second-order valence-corrected chi connectivity index (χ2v) is 9.89. The molecular formula is C28H38N2O3. The number of hydrogen-bond donors (Lipinski definition) is 1. The zero-order valence-electron chi connectivity index (χ0n) is 20.5. The first-order valence-corrected chi connectivity index (χ1v) is 12.5. The maximum Gasteiger partial charge on any atom is 0.161 e. The lowest BCUT2D eigenvalue weighted by atomic mass is 9.72. The van der Waals surface area contributed by atoms with Crippen LogP contribution in [0.2, 0.25) is 0 Å². The summed E-state index contributed by atoms with van der Waals surface area (Å²) >= 11 is 0. The van der Waals surface area contributed by atoms with Gasteiger partial charge in [0.1, 0.15) is 5.75 Å². The predicted octanol–water partition coefficient (Wildman–Crippen LogP) is 4.93. The summed E-state index contributed by atoms with van der Waals surface area (Å²) in [7, 11) is 5.22. The Balaban J connectivity index is 1.41. The van der Waals surface area contributed by atoms with E-state index in [4.69, 9.17) is 14.2 Å². The second kappa shape index (κ2) is 9.55. The lowest BCUT2D eigenvalue weighted by Gasteiger charge is -2.48. The maximum atomic E-state index is 5.64. The average molecular weight is 451 g/mol. The van der Waals surface area contributed by atoms with E-state index in [1.165, 1.54) is 48.1 Å². The third-order valence-corrected chi connectivity index (χ3v) is 8.35. The van der Waals surface area contributed by atoms with Crippen LogP contribution in [-0.2, 0) is 12.8 Å². The summed E-state index contributed by atoms with van der Waals surface area (Å²) < 4.78 is 16.7. The average Bonchev–Trinajstić information content (AvgIpc) is 2.87. The van der Waals surface area contributed by atoms with E-state index in [1.807, 2.05) is 0 Å². The Morgan fingerprint density at radius 2 is 1.70 bits per heavy atom. The number of fused-ring (bicyclic) bond motifs is 4. The molecule has 5 rings (SSSR count). The van der Waals surface area contributed by atoms with Crippen LogP contribution < -0.4 is 19.5 Å². The molecule has 3 aliphatic rings. The first-order valence-electron chi connectivity index (χ1n) is 12.5. The van der Waals surface area contributed by atoms with Crippen LogP contribution in [-0.4, -0.2) is 45.9 Å². The molecule has 1 saturated heterocycles. The van der Waals surface area contributed by atoms with E-state index in [2.05, 4.69) is 47.5 Å². The molecule has 1 fully saturated rings. The van der Waals surface area contributed by atoms with Gasteiger partial charge in [0, 0.05) is 25.2 Å². The van der Waals surface area contributed by atoms with E-state index in [-0.39, 0.29) is 0 Å². The van der Waals surface area contributed by atoms with Crippen molar-refractivity contribution in [3.05, 3.63) is 52.6 Å². The van der Waals surface area contributed by atoms with E-state index in [0.29, 0.717) is 18.0 Å². The van der Waals surface area contributed by atoms with E-state index >= 15 is 0 Å². The number of nitrogens with one attached hydrogen (secondary N) is 1. The monoisotopic (exact) mass is 450 g/mol. The van der Waals surface area contributed by atoms with Crippen molar-refractivity contribution in [1.82, 2.24) is 10.2 Å². The van der Waals surface area contributed by atoms with Crippen LogP contribution in [0.15, 0.2) is 30.3 Å². The molecule has 1 N–H and O–H groups in total. The van der Waals surface area contributed by atoms with Gasteiger partial charge in [-0.2, -0.15) is 0 Å². The number of nitrogens with zero attached hydrogens (tertiary/aromatic N) is 1. The molecule has 2 aromatic carbocycles. The SMILES string of the molecule is CC[C@H]1CN2CCc3cc(OC)ccc3C2CC1C[C@H]1NCCc2cc(OC)c(OC)cc21. The molecule has 3 heterocycles. The Hall–Kier alpha value is -2.24. The zero-order valence-corrected chi connectivity index (χ0v) is 20.5. The molecular weight excluding hydrogens is 412 g/mol. The van der Waals surface area contributed by atoms with Gasteiger partial charge in [0.2, 0.25) is 0 Å². The van der Waals surface area contributed by atoms with Gasteiger partial charge in [-0.15, -0.1) is 0 Å². The van der Waals surface area contributed by atoms with Crippen molar-refractivity contribution in [3.8, 4) is 17.2 Å². The maximum absolute atomic E-state index is 5.64. The Labute approximate surface area is 198 Å². The van der Waals surface area contributed by atoms with E-state index in [0.717, 1.165) is 49.1 Å². The normalized spacial score (nSPS) is 26.7. The highest BCUT2D eigenvalue weighted by Gasteiger charge is 2.39. The van der Waals surface area contributed by atoms with E-state index in [1.54, 1.807) is 21.3 Å². The number of ether oxygens (including phenoxy) is 3. The third-order valence-electron chi connectivity index (χ3n) is 8.35. The number of methoxy groups -OCH3 is 3. The van der Waals surface area contributed by atoms with Gasteiger partial charge in [-0.1, -0.05) is 19.4 Å². The smallest absolute Gasteiger partial charge is 0.161 e. The Kier molecular flexibility index (Phi) is 6.53. The fraction of sp³-hybridized carbons (Fsp3) is 0.571. The minimum Gasteiger partial charge on any atom is -0.497 e. The van der Waals surface area contributed by atoms with Gasteiger partial charge in [-0.05, 0) is 90.6 Å². The third kappa shape index (κ3) is 4.22. The van der Waals surface area contributed by atoms with Crippen molar-refractivity contribution in [2.75, 3.05) is 41.0 Å². The molecule has 0 radical (unpaired) electrons. The van der Waals surface area contributed by atoms with Crippen molar-refractivity contribution in [2.24, 2.45) is 11.8 Å². The molecule has 2 unspecified atom stereocenters. The fourth-order valence-corrected chi connectivity index (χ4v) is 6.52. The van der Waals surface area contributed by atoms with Crippen molar-refractivity contribution >= 4 is 0 Å². The topological polar surface area (TPSA) is 43.0 Å². The summed E-state index contributed by atoms with van der Waals surface area (Å²) in [6.45, 7) is 5.77. The summed E-state index contributed by atoms with van der Waals surface area (Å²) in [5, 5.41) is 3.84. The van der Waals surface area contributed by atoms with Crippen molar-refractivity contribution in [1.29, 1.82) is 0 Å². The largest absolute Gasteiger partial charge is 0.497 e. The highest BCUT2D eigenvalue weighted by molar-refractivity contribution is 5.49. The van der Waals surface area contributed by atoms with Crippen LogP contribution in [0.1, 0.15) is 60.5 Å². The predicted molar refractivity (Wildman–Crippen MR) is 132 cm³/mol. The lowest BCUT2D eigenvalue weighted by molar-refractivity contribution is 0.0436. The van der Waals surface area contributed by atoms with Gasteiger partial charge in [0.05, 0.1) is 21.3 Å². The van der Waals surface area contributed by atoms with Crippen LogP contribution >= 0.6 is 0 Å². The van der Waals surface area contributed by atoms with Crippen LogP contribution in [0.25, 0.3) is 0 Å². The molecule has 0 spiro atoms. The fourth-order valence-electron chi connectivity index (χ4n) is 6.52. The first kappa shape index (κ1) is 22.5. The summed E-state index contributed by atoms with van der Waals surface area (Å²) in [5.41, 5.74) is 5.79. The molecule has 0 amide bonds. The Morgan fingerprint density at radius 1 is 0.909 bits per heavy atom. The molecule has 2 aromatic rings. The molecule has 3 aliphatic heterocycles. The standard InChI is InChI=1S/C28H38N2O3/c1-5-18-17-30-11-9-20-12-22(31-2)6-7-23(20)26(30)14-21(18)13-25-24-16-28(33-4)27(32-3)15-19(24)8-10-29-25/h6-7,12,15-16,18,21,25-26,29H,5,8-11,13-14,17H2,1-4H3/t18-,21?,25+,26?/m0/s1. The number of piperidine rings is 1. The van der Waals surface area contributed by atoms with Gasteiger partial charge in [-0.25, -0.2) is 0 Å². The minimum atomic E-state index is 0.373. The molecule has 0 saturated carbocycles. The summed E-state index contributed by atoms with van der Waals surface area (Å²) in [6.07, 6.45) is 5.83. The molecule has 0 aliphatic carbocycles. The van der Waals surface area contributed by atoms with Crippen molar-refractivity contribution in [2.45, 2.75) is 51.1 Å². The minimum absolute atomic E-state index is 0.373. The first-order chi connectivity index (χ1) is 16.1. The number of hydrogen-bond acceptors (Lipinski definition) is 5. The van der Waals surface area contributed by atoms with Crippen molar-refractivity contribution in [3.63, 3.8) is 0 Å². The van der Waals surface area contributed by atoms with Crippen LogP contribution in [0.4, 0.5) is 0 Å². The van der Waals surface area contributed by atoms with Crippen LogP contribution in [0, 0.1) is 11.8 Å². The van der Waals surface area contributed by atoms with Gasteiger partial charge < -0.3 is 19.5 Å². The quantitative estimate of drug-likeness (QED) is 0.676. The molecule has 5 nitrogen and oxygen atoms in total. The molecule has 4 atom stereocenters. The van der Waals surface area contributed by atoms with Gasteiger partial charge in [-0.3, -0.25) is 4.90 Å². The Bertz CT molecular complexity index is 991. The highest BCUT2D eigenvalue weighted by atomic mass is 16.5. The summed E-state index contributed by atoms with van der Waals surface area (Å²) in [4.78, 5) is 2.75. The lowest BCUT2D eigenvalue weighted by Crippen LogP contribution is -2.46. The Morgan fingerprint density at radius 3 is 2.45 bits per heavy atom. The molecule has 0 bridgehead atoms. The van der Waals surface area contributed by atoms with Gasteiger partial charge in [0.15, 0.2) is 11.5 Å². The summed E-state index contributed by atoms with van der Waals surface area (Å²) in [6, 6.07) is 12.0. The summed E-state index contributed by atoms with van der Waals surface area (Å²) in [5.74, 6) is 4.09. The molecule has 33 heavy (non-hydrogen) atoms. The van der Waals surface area contributed by atoms with E-state index in [9.17, 15) is 0 Å². The number of rotatable bonds is 6. The van der Waals surface area contributed by atoms with Gasteiger partial charge >= 0.3 is 0 Å². The molecule has 0 aromatic heterocycles. The van der Waals surface area contributed by atoms with Crippen molar-refractivity contribution < 1.29 is 14.2 Å². The molecule has 5 heteroatoms. The zero-order chi connectivity index (χ0) is 22.9. The molecule has 178 valence electrons.